The summed E-state index contributed by atoms with van der Waals surface area (Å²) in [7, 11) is 0. The van der Waals surface area contributed by atoms with Gasteiger partial charge in [-0.2, -0.15) is 0 Å². The summed E-state index contributed by atoms with van der Waals surface area (Å²) in [4.78, 5) is 22.2. The van der Waals surface area contributed by atoms with Gasteiger partial charge in [-0.3, -0.25) is 4.79 Å². The Kier molecular flexibility index (Phi) is 6.75. The zero-order valence-electron chi connectivity index (χ0n) is 9.75. The second kappa shape index (κ2) is 7.26. The lowest BCUT2D eigenvalue weighted by Gasteiger charge is -2.17. The van der Waals surface area contributed by atoms with Gasteiger partial charge < -0.3 is 10.4 Å². The number of carboxylic acids is 1. The van der Waals surface area contributed by atoms with Crippen molar-refractivity contribution in [1.29, 1.82) is 0 Å². The second-order valence-corrected chi connectivity index (χ2v) is 4.08. The van der Waals surface area contributed by atoms with Crippen molar-refractivity contribution in [3.63, 3.8) is 0 Å². The predicted molar refractivity (Wildman–Crippen MR) is 58.5 cm³/mol. The van der Waals surface area contributed by atoms with Gasteiger partial charge in [-0.05, 0) is 12.3 Å². The van der Waals surface area contributed by atoms with Crippen molar-refractivity contribution in [3.05, 3.63) is 0 Å². The molecule has 0 radical (unpaired) electrons. The standard InChI is InChI=1S/C11H21NO3/c1-4-5-6-7-9(13)12-10(8(2)3)11(14)15/h8,10H,4-7H2,1-3H3,(H,12,13)(H,14,15)/t10-/m0/s1. The Bertz CT molecular complexity index is 214. The molecule has 0 unspecified atom stereocenters. The Morgan fingerprint density at radius 1 is 1.27 bits per heavy atom. The second-order valence-electron chi connectivity index (χ2n) is 4.08. The number of carbonyl (C=O) groups is 2. The van der Waals surface area contributed by atoms with Crippen LogP contribution in [0.4, 0.5) is 0 Å². The molecule has 4 heteroatoms. The first-order chi connectivity index (χ1) is 6.99. The molecule has 88 valence electrons. The van der Waals surface area contributed by atoms with Gasteiger partial charge >= 0.3 is 5.97 Å². The van der Waals surface area contributed by atoms with Crippen LogP contribution >= 0.6 is 0 Å². The van der Waals surface area contributed by atoms with E-state index in [2.05, 4.69) is 12.2 Å². The van der Waals surface area contributed by atoms with Crippen molar-refractivity contribution in [2.24, 2.45) is 5.92 Å². The summed E-state index contributed by atoms with van der Waals surface area (Å²) in [6.45, 7) is 5.63. The first-order valence-corrected chi connectivity index (χ1v) is 5.51. The maximum absolute atomic E-state index is 11.4. The zero-order chi connectivity index (χ0) is 11.8. The molecule has 0 fully saturated rings. The molecule has 4 nitrogen and oxygen atoms in total. The van der Waals surface area contributed by atoms with Gasteiger partial charge in [0.15, 0.2) is 0 Å². The first-order valence-electron chi connectivity index (χ1n) is 5.51. The molecular formula is C11H21NO3. The lowest BCUT2D eigenvalue weighted by molar-refractivity contribution is -0.143. The van der Waals surface area contributed by atoms with Crippen molar-refractivity contribution < 1.29 is 14.7 Å². The molecule has 0 aromatic carbocycles. The third-order valence-electron chi connectivity index (χ3n) is 2.26. The largest absolute Gasteiger partial charge is 0.480 e. The zero-order valence-corrected chi connectivity index (χ0v) is 9.75. The van der Waals surface area contributed by atoms with E-state index in [1.165, 1.54) is 0 Å². The van der Waals surface area contributed by atoms with E-state index in [0.717, 1.165) is 19.3 Å². The first kappa shape index (κ1) is 13.9. The Hall–Kier alpha value is -1.06. The minimum atomic E-state index is -0.964. The molecule has 0 saturated carbocycles. The normalized spacial score (nSPS) is 12.5. The van der Waals surface area contributed by atoms with Crippen molar-refractivity contribution in [2.75, 3.05) is 0 Å². The van der Waals surface area contributed by atoms with Crippen molar-refractivity contribution in [2.45, 2.75) is 52.5 Å². The van der Waals surface area contributed by atoms with Crippen LogP contribution in [0, 0.1) is 5.92 Å². The van der Waals surface area contributed by atoms with E-state index in [1.807, 2.05) is 0 Å². The minimum Gasteiger partial charge on any atom is -0.480 e. The van der Waals surface area contributed by atoms with Gasteiger partial charge in [0.2, 0.25) is 5.91 Å². The molecule has 1 atom stereocenters. The number of rotatable bonds is 7. The molecule has 1 amide bonds. The van der Waals surface area contributed by atoms with E-state index >= 15 is 0 Å². The highest BCUT2D eigenvalue weighted by Crippen LogP contribution is 2.04. The van der Waals surface area contributed by atoms with Crippen molar-refractivity contribution >= 4 is 11.9 Å². The van der Waals surface area contributed by atoms with Gasteiger partial charge in [-0.1, -0.05) is 33.6 Å². The van der Waals surface area contributed by atoms with Crippen LogP contribution in [0.3, 0.4) is 0 Å². The highest BCUT2D eigenvalue weighted by Gasteiger charge is 2.22. The summed E-state index contributed by atoms with van der Waals surface area (Å²) in [6.07, 6.45) is 3.31. The van der Waals surface area contributed by atoms with E-state index < -0.39 is 12.0 Å². The molecule has 0 saturated heterocycles. The van der Waals surface area contributed by atoms with Crippen LogP contribution < -0.4 is 5.32 Å². The summed E-state index contributed by atoms with van der Waals surface area (Å²) in [5.74, 6) is -1.21. The van der Waals surface area contributed by atoms with Crippen molar-refractivity contribution in [1.82, 2.24) is 5.32 Å². The van der Waals surface area contributed by atoms with Gasteiger partial charge in [0.1, 0.15) is 6.04 Å². The molecule has 2 N–H and O–H groups in total. The fraction of sp³-hybridized carbons (Fsp3) is 0.818. The third-order valence-corrected chi connectivity index (χ3v) is 2.26. The molecule has 0 spiro atoms. The van der Waals surface area contributed by atoms with Gasteiger partial charge in [-0.25, -0.2) is 4.79 Å². The molecule has 0 aromatic heterocycles. The Morgan fingerprint density at radius 2 is 1.87 bits per heavy atom. The number of hydrogen-bond donors (Lipinski definition) is 2. The molecule has 15 heavy (non-hydrogen) atoms. The SMILES string of the molecule is CCCCCC(=O)N[C@H](C(=O)O)C(C)C. The number of amides is 1. The average molecular weight is 215 g/mol. The summed E-state index contributed by atoms with van der Waals surface area (Å²) < 4.78 is 0. The number of unbranched alkanes of at least 4 members (excludes halogenated alkanes) is 2. The van der Waals surface area contributed by atoms with Gasteiger partial charge in [0.05, 0.1) is 0 Å². The van der Waals surface area contributed by atoms with Crippen LogP contribution in [0.15, 0.2) is 0 Å². The molecule has 0 rings (SSSR count). The van der Waals surface area contributed by atoms with Gasteiger partial charge in [0, 0.05) is 6.42 Å². The summed E-state index contributed by atoms with van der Waals surface area (Å²) in [6, 6.07) is -0.765. The molecule has 0 heterocycles. The Morgan fingerprint density at radius 3 is 2.27 bits per heavy atom. The third kappa shape index (κ3) is 6.10. The van der Waals surface area contributed by atoms with E-state index in [9.17, 15) is 9.59 Å². The lowest BCUT2D eigenvalue weighted by Crippen LogP contribution is -2.44. The van der Waals surface area contributed by atoms with E-state index in [1.54, 1.807) is 13.8 Å². The van der Waals surface area contributed by atoms with E-state index in [-0.39, 0.29) is 11.8 Å². The quantitative estimate of drug-likeness (QED) is 0.636. The summed E-state index contributed by atoms with van der Waals surface area (Å²) in [5.41, 5.74) is 0. The van der Waals surface area contributed by atoms with E-state index in [0.29, 0.717) is 6.42 Å². The molecule has 0 aliphatic carbocycles. The average Bonchev–Trinajstić information content (AvgIpc) is 2.13. The van der Waals surface area contributed by atoms with Gasteiger partial charge in [0.25, 0.3) is 0 Å². The molecule has 0 aromatic rings. The molecular weight excluding hydrogens is 194 g/mol. The molecule has 0 aliphatic rings. The molecule has 0 aliphatic heterocycles. The highest BCUT2D eigenvalue weighted by molar-refractivity contribution is 5.83. The number of carbonyl (C=O) groups excluding carboxylic acids is 1. The number of hydrogen-bond acceptors (Lipinski definition) is 2. The predicted octanol–water partition coefficient (Wildman–Crippen LogP) is 1.79. The number of aliphatic carboxylic acids is 1. The maximum atomic E-state index is 11.4. The van der Waals surface area contributed by atoms with Crippen LogP contribution in [-0.4, -0.2) is 23.0 Å². The van der Waals surface area contributed by atoms with Crippen LogP contribution in [0.5, 0.6) is 0 Å². The van der Waals surface area contributed by atoms with Crippen LogP contribution in [-0.2, 0) is 9.59 Å². The van der Waals surface area contributed by atoms with Crippen molar-refractivity contribution in [3.8, 4) is 0 Å². The van der Waals surface area contributed by atoms with Crippen LogP contribution in [0.2, 0.25) is 0 Å². The topological polar surface area (TPSA) is 66.4 Å². The fourth-order valence-electron chi connectivity index (χ4n) is 1.29. The number of carboxylic acid groups (broad SMARTS) is 1. The summed E-state index contributed by atoms with van der Waals surface area (Å²) in [5, 5.41) is 11.4. The maximum Gasteiger partial charge on any atom is 0.326 e. The summed E-state index contributed by atoms with van der Waals surface area (Å²) >= 11 is 0. The Balaban J connectivity index is 3.95. The Labute approximate surface area is 91.1 Å². The van der Waals surface area contributed by atoms with Crippen LogP contribution in [0.25, 0.3) is 0 Å². The smallest absolute Gasteiger partial charge is 0.326 e. The lowest BCUT2D eigenvalue weighted by atomic mass is 10.0. The number of nitrogens with one attached hydrogen (secondary N) is 1. The van der Waals surface area contributed by atoms with Gasteiger partial charge in [-0.15, -0.1) is 0 Å². The minimum absolute atomic E-state index is 0.0855. The van der Waals surface area contributed by atoms with Crippen LogP contribution in [0.1, 0.15) is 46.5 Å². The van der Waals surface area contributed by atoms with E-state index in [4.69, 9.17) is 5.11 Å². The highest BCUT2D eigenvalue weighted by atomic mass is 16.4. The molecule has 0 bridgehead atoms. The fourth-order valence-corrected chi connectivity index (χ4v) is 1.29. The monoisotopic (exact) mass is 215 g/mol.